The second-order valence-electron chi connectivity index (χ2n) is 8.29. The lowest BCUT2D eigenvalue weighted by Crippen LogP contribution is -2.26. The van der Waals surface area contributed by atoms with Gasteiger partial charge in [-0.3, -0.25) is 0 Å². The zero-order valence-electron chi connectivity index (χ0n) is 19.6. The number of aryl methyl sites for hydroxylation is 1. The summed E-state index contributed by atoms with van der Waals surface area (Å²) in [6.45, 7) is 4.92. The molecular weight excluding hydrogens is 428 g/mol. The van der Waals surface area contributed by atoms with E-state index >= 15 is 0 Å². The first-order chi connectivity index (χ1) is 16.6. The summed E-state index contributed by atoms with van der Waals surface area (Å²) >= 11 is 0. The highest BCUT2D eigenvalue weighted by atomic mass is 16.5. The maximum Gasteiger partial charge on any atom is 0.333 e. The molecule has 0 saturated carbocycles. The van der Waals surface area contributed by atoms with Gasteiger partial charge in [0.15, 0.2) is 6.10 Å². The summed E-state index contributed by atoms with van der Waals surface area (Å²) in [6.07, 6.45) is 3.02. The van der Waals surface area contributed by atoms with Gasteiger partial charge in [0.25, 0.3) is 0 Å². The van der Waals surface area contributed by atoms with E-state index in [0.29, 0.717) is 19.6 Å². The number of benzene rings is 3. The van der Waals surface area contributed by atoms with Crippen molar-refractivity contribution in [2.24, 2.45) is 0 Å². The van der Waals surface area contributed by atoms with Crippen LogP contribution in [0.15, 0.2) is 72.9 Å². The third-order valence-electron chi connectivity index (χ3n) is 5.83. The lowest BCUT2D eigenvalue weighted by atomic mass is 9.99. The van der Waals surface area contributed by atoms with Gasteiger partial charge in [-0.1, -0.05) is 55.5 Å². The molecule has 0 aliphatic carbocycles. The minimum atomic E-state index is -0.940. The average molecular weight is 459 g/mol. The highest BCUT2D eigenvalue weighted by Gasteiger charge is 2.20. The minimum absolute atomic E-state index is 0.313. The van der Waals surface area contributed by atoms with Crippen molar-refractivity contribution in [2.45, 2.75) is 39.2 Å². The number of carbonyl (C=O) groups is 1. The fourth-order valence-corrected chi connectivity index (χ4v) is 4.04. The van der Waals surface area contributed by atoms with Crippen LogP contribution in [-0.4, -0.2) is 40.2 Å². The van der Waals surface area contributed by atoms with Gasteiger partial charge in [-0.05, 0) is 48.1 Å². The number of hydrogen-bond acceptors (Lipinski definition) is 4. The van der Waals surface area contributed by atoms with Crippen LogP contribution in [0.5, 0.6) is 5.75 Å². The number of fused-ring (bicyclic) bond motifs is 1. The summed E-state index contributed by atoms with van der Waals surface area (Å²) in [5.74, 6) is -0.155. The van der Waals surface area contributed by atoms with E-state index in [4.69, 9.17) is 9.47 Å². The molecule has 1 heterocycles. The van der Waals surface area contributed by atoms with Crippen molar-refractivity contribution in [3.05, 3.63) is 89.7 Å². The molecule has 4 rings (SSSR count). The number of rotatable bonds is 11. The standard InChI is InChI=1S/C28H30N2O4/c1-3-16-33-27(28(31)32)18-21-13-14-26(25-12-8-7-11-24(21)25)34-17-15-22-19-30(29-20(22)2)23-9-5-4-6-10-23/h4-14,19,27H,3,15-18H2,1-2H3,(H,31,32). The molecule has 1 N–H and O–H groups in total. The Morgan fingerprint density at radius 1 is 0.971 bits per heavy atom. The molecule has 6 heteroatoms. The predicted molar refractivity (Wildman–Crippen MR) is 133 cm³/mol. The van der Waals surface area contributed by atoms with E-state index in [1.807, 2.05) is 85.3 Å². The quantitative estimate of drug-likeness (QED) is 0.327. The van der Waals surface area contributed by atoms with Crippen LogP contribution in [0.4, 0.5) is 0 Å². The summed E-state index contributed by atoms with van der Waals surface area (Å²) < 4.78 is 13.6. The van der Waals surface area contributed by atoms with Gasteiger partial charge >= 0.3 is 5.97 Å². The normalized spacial score (nSPS) is 12.1. The van der Waals surface area contributed by atoms with Crippen LogP contribution in [0.2, 0.25) is 0 Å². The van der Waals surface area contributed by atoms with E-state index in [9.17, 15) is 9.90 Å². The van der Waals surface area contributed by atoms with Crippen LogP contribution in [0.1, 0.15) is 30.2 Å². The molecule has 3 aromatic carbocycles. The van der Waals surface area contributed by atoms with Crippen molar-refractivity contribution in [3.63, 3.8) is 0 Å². The summed E-state index contributed by atoms with van der Waals surface area (Å²) in [4.78, 5) is 11.7. The van der Waals surface area contributed by atoms with Crippen molar-refractivity contribution in [2.75, 3.05) is 13.2 Å². The molecule has 0 amide bonds. The van der Waals surface area contributed by atoms with E-state index in [-0.39, 0.29) is 0 Å². The molecule has 0 radical (unpaired) electrons. The fourth-order valence-electron chi connectivity index (χ4n) is 4.04. The number of carboxylic acids is 1. The van der Waals surface area contributed by atoms with Crippen molar-refractivity contribution in [1.82, 2.24) is 9.78 Å². The van der Waals surface area contributed by atoms with Crippen LogP contribution >= 0.6 is 0 Å². The van der Waals surface area contributed by atoms with Gasteiger partial charge in [-0.15, -0.1) is 0 Å². The summed E-state index contributed by atoms with van der Waals surface area (Å²) in [5, 5.41) is 16.1. The smallest absolute Gasteiger partial charge is 0.333 e. The van der Waals surface area contributed by atoms with Gasteiger partial charge in [-0.25, -0.2) is 9.48 Å². The van der Waals surface area contributed by atoms with E-state index in [0.717, 1.165) is 51.9 Å². The van der Waals surface area contributed by atoms with Crippen LogP contribution < -0.4 is 4.74 Å². The summed E-state index contributed by atoms with van der Waals surface area (Å²) in [7, 11) is 0. The predicted octanol–water partition coefficient (Wildman–Crippen LogP) is 5.38. The van der Waals surface area contributed by atoms with Gasteiger partial charge in [0.1, 0.15) is 5.75 Å². The first kappa shape index (κ1) is 23.5. The fraction of sp³-hybridized carbons (Fsp3) is 0.286. The second-order valence-corrected chi connectivity index (χ2v) is 8.29. The van der Waals surface area contributed by atoms with E-state index < -0.39 is 12.1 Å². The van der Waals surface area contributed by atoms with Gasteiger partial charge in [-0.2, -0.15) is 5.10 Å². The van der Waals surface area contributed by atoms with Gasteiger partial charge in [0.2, 0.25) is 0 Å². The molecule has 1 atom stereocenters. The Bertz CT molecular complexity index is 1250. The maximum absolute atomic E-state index is 11.7. The van der Waals surface area contributed by atoms with Crippen molar-refractivity contribution < 1.29 is 19.4 Å². The van der Waals surface area contributed by atoms with Crippen LogP contribution in [0.25, 0.3) is 16.5 Å². The maximum atomic E-state index is 11.7. The lowest BCUT2D eigenvalue weighted by molar-refractivity contribution is -0.150. The van der Waals surface area contributed by atoms with Gasteiger partial charge in [0, 0.05) is 31.0 Å². The monoisotopic (exact) mass is 458 g/mol. The third kappa shape index (κ3) is 5.46. The lowest BCUT2D eigenvalue weighted by Gasteiger charge is -2.16. The molecule has 1 aromatic heterocycles. The molecular formula is C28H30N2O4. The Morgan fingerprint density at radius 3 is 2.44 bits per heavy atom. The van der Waals surface area contributed by atoms with Gasteiger partial charge in [0.05, 0.1) is 18.0 Å². The molecule has 34 heavy (non-hydrogen) atoms. The molecule has 1 unspecified atom stereocenters. The number of nitrogens with zero attached hydrogens (tertiary/aromatic N) is 2. The van der Waals surface area contributed by atoms with Crippen molar-refractivity contribution in [3.8, 4) is 11.4 Å². The minimum Gasteiger partial charge on any atom is -0.493 e. The summed E-state index contributed by atoms with van der Waals surface area (Å²) in [5.41, 5.74) is 4.09. The molecule has 0 fully saturated rings. The Morgan fingerprint density at radius 2 is 1.71 bits per heavy atom. The number of ether oxygens (including phenoxy) is 2. The zero-order valence-corrected chi connectivity index (χ0v) is 19.6. The van der Waals surface area contributed by atoms with Crippen molar-refractivity contribution in [1.29, 1.82) is 0 Å². The SMILES string of the molecule is CCCOC(Cc1ccc(OCCc2cn(-c3ccccc3)nc2C)c2ccccc12)C(=O)O. The Kier molecular flexibility index (Phi) is 7.60. The van der Waals surface area contributed by atoms with Crippen molar-refractivity contribution >= 4 is 16.7 Å². The van der Waals surface area contributed by atoms with E-state index in [1.165, 1.54) is 0 Å². The van der Waals surface area contributed by atoms with Crippen LogP contribution in [0.3, 0.4) is 0 Å². The number of aromatic nitrogens is 2. The number of para-hydroxylation sites is 1. The first-order valence-corrected chi connectivity index (χ1v) is 11.6. The van der Waals surface area contributed by atoms with E-state index in [2.05, 4.69) is 11.3 Å². The van der Waals surface area contributed by atoms with Crippen LogP contribution in [-0.2, 0) is 22.4 Å². The van der Waals surface area contributed by atoms with Crippen LogP contribution in [0, 0.1) is 6.92 Å². The molecule has 0 saturated heterocycles. The molecule has 6 nitrogen and oxygen atoms in total. The Hall–Kier alpha value is -3.64. The molecule has 4 aromatic rings. The largest absolute Gasteiger partial charge is 0.493 e. The molecule has 0 spiro atoms. The zero-order chi connectivity index (χ0) is 23.9. The number of aliphatic carboxylic acids is 1. The second kappa shape index (κ2) is 11.0. The van der Waals surface area contributed by atoms with Gasteiger partial charge < -0.3 is 14.6 Å². The Labute approximate surface area is 199 Å². The highest BCUT2D eigenvalue weighted by Crippen LogP contribution is 2.30. The highest BCUT2D eigenvalue weighted by molar-refractivity contribution is 5.91. The average Bonchev–Trinajstić information content (AvgIpc) is 3.23. The van der Waals surface area contributed by atoms with E-state index in [1.54, 1.807) is 0 Å². The summed E-state index contributed by atoms with van der Waals surface area (Å²) in [6, 6.07) is 21.9. The Balaban J connectivity index is 1.48. The molecule has 176 valence electrons. The number of carboxylic acid groups (broad SMARTS) is 1. The number of hydrogen-bond donors (Lipinski definition) is 1. The molecule has 0 aliphatic rings. The first-order valence-electron chi connectivity index (χ1n) is 11.6. The topological polar surface area (TPSA) is 73.6 Å². The molecule has 0 bridgehead atoms. The molecule has 0 aliphatic heterocycles. The third-order valence-corrected chi connectivity index (χ3v) is 5.83.